The Morgan fingerprint density at radius 1 is 1.30 bits per heavy atom. The number of benzene rings is 1. The number of aliphatic imine (C=N–C) groups is 1. The summed E-state index contributed by atoms with van der Waals surface area (Å²) in [5.74, 6) is 0.966. The normalized spacial score (nSPS) is 21.0. The van der Waals surface area contributed by atoms with Gasteiger partial charge in [0.1, 0.15) is 0 Å². The smallest absolute Gasteiger partial charge is 0.193 e. The Morgan fingerprint density at radius 2 is 2.11 bits per heavy atom. The maximum absolute atomic E-state index is 6.32. The van der Waals surface area contributed by atoms with Crippen LogP contribution in [-0.4, -0.2) is 76.6 Å². The van der Waals surface area contributed by atoms with Gasteiger partial charge in [-0.25, -0.2) is 0 Å². The van der Waals surface area contributed by atoms with Crippen LogP contribution < -0.4 is 10.2 Å². The summed E-state index contributed by atoms with van der Waals surface area (Å²) in [4.78, 5) is 9.08. The monoisotopic (exact) mass is 394 g/mol. The number of anilines is 1. The largest absolute Gasteiger partial charge is 0.379 e. The zero-order chi connectivity index (χ0) is 18.9. The molecule has 6 nitrogen and oxygen atoms in total. The first-order valence-corrected chi connectivity index (χ1v) is 10.3. The molecule has 2 saturated heterocycles. The molecule has 0 aromatic heterocycles. The van der Waals surface area contributed by atoms with Gasteiger partial charge in [0.15, 0.2) is 5.96 Å². The van der Waals surface area contributed by atoms with Gasteiger partial charge in [0.05, 0.1) is 23.4 Å². The van der Waals surface area contributed by atoms with Crippen molar-refractivity contribution in [2.45, 2.75) is 25.4 Å². The van der Waals surface area contributed by atoms with Crippen molar-refractivity contribution in [1.29, 1.82) is 0 Å². The number of hydrogen-bond acceptors (Lipinski definition) is 4. The first kappa shape index (κ1) is 20.2. The third-order valence-electron chi connectivity index (χ3n) is 5.06. The summed E-state index contributed by atoms with van der Waals surface area (Å²) in [7, 11) is 1.84. The zero-order valence-corrected chi connectivity index (χ0v) is 17.0. The molecule has 3 rings (SSSR count). The van der Waals surface area contributed by atoms with Gasteiger partial charge in [-0.1, -0.05) is 23.7 Å². The molecule has 7 heteroatoms. The predicted molar refractivity (Wildman–Crippen MR) is 111 cm³/mol. The molecule has 150 valence electrons. The van der Waals surface area contributed by atoms with Gasteiger partial charge in [-0.05, 0) is 31.4 Å². The molecule has 1 unspecified atom stereocenters. The Morgan fingerprint density at radius 3 is 2.81 bits per heavy atom. The Balaban J connectivity index is 1.33. The fraction of sp³-hybridized carbons (Fsp3) is 0.650. The standard InChI is InChI=1S/C20H31ClN4O2/c1-22-20(23-9-5-14-26-16-17-6-4-15-27-17)25-12-10-24(11-13-25)19-8-3-2-7-18(19)21/h2-3,7-8,17H,4-6,9-16H2,1H3,(H,22,23). The van der Waals surface area contributed by atoms with Crippen LogP contribution in [0.2, 0.25) is 5.02 Å². The van der Waals surface area contributed by atoms with E-state index < -0.39 is 0 Å². The van der Waals surface area contributed by atoms with Gasteiger partial charge < -0.3 is 24.6 Å². The second kappa shape index (κ2) is 10.7. The van der Waals surface area contributed by atoms with Crippen LogP contribution in [0.5, 0.6) is 0 Å². The summed E-state index contributed by atoms with van der Waals surface area (Å²) in [6.45, 7) is 6.96. The highest BCUT2D eigenvalue weighted by molar-refractivity contribution is 6.33. The van der Waals surface area contributed by atoms with E-state index in [0.717, 1.165) is 88.5 Å². The number of nitrogens with one attached hydrogen (secondary N) is 1. The number of guanidine groups is 1. The van der Waals surface area contributed by atoms with Crippen molar-refractivity contribution >= 4 is 23.2 Å². The van der Waals surface area contributed by atoms with Crippen LogP contribution in [0, 0.1) is 0 Å². The van der Waals surface area contributed by atoms with Crippen LogP contribution in [0.25, 0.3) is 0 Å². The van der Waals surface area contributed by atoms with Crippen molar-refractivity contribution in [3.8, 4) is 0 Å². The van der Waals surface area contributed by atoms with Gasteiger partial charge in [0.2, 0.25) is 0 Å². The molecule has 1 N–H and O–H groups in total. The number of piperazine rings is 1. The second-order valence-corrected chi connectivity index (χ2v) is 7.37. The van der Waals surface area contributed by atoms with E-state index in [9.17, 15) is 0 Å². The van der Waals surface area contributed by atoms with Crippen molar-refractivity contribution in [1.82, 2.24) is 10.2 Å². The second-order valence-electron chi connectivity index (χ2n) is 6.96. The Bertz CT molecular complexity index is 599. The van der Waals surface area contributed by atoms with Crippen LogP contribution in [0.1, 0.15) is 19.3 Å². The van der Waals surface area contributed by atoms with Crippen molar-refractivity contribution in [2.24, 2.45) is 4.99 Å². The molecule has 1 aromatic carbocycles. The molecular weight excluding hydrogens is 364 g/mol. The molecule has 0 bridgehead atoms. The summed E-state index contributed by atoms with van der Waals surface area (Å²) >= 11 is 6.32. The van der Waals surface area contributed by atoms with Gasteiger partial charge in [-0.2, -0.15) is 0 Å². The minimum atomic E-state index is 0.306. The minimum Gasteiger partial charge on any atom is -0.379 e. The van der Waals surface area contributed by atoms with Crippen LogP contribution in [0.3, 0.4) is 0 Å². The molecule has 2 aliphatic heterocycles. The van der Waals surface area contributed by atoms with E-state index in [1.54, 1.807) is 0 Å². The molecule has 0 saturated carbocycles. The molecule has 27 heavy (non-hydrogen) atoms. The fourth-order valence-electron chi connectivity index (χ4n) is 3.56. The lowest BCUT2D eigenvalue weighted by Gasteiger charge is -2.38. The Kier molecular flexibility index (Phi) is 8.05. The lowest BCUT2D eigenvalue weighted by atomic mass is 10.2. The molecule has 1 atom stereocenters. The van der Waals surface area contributed by atoms with Crippen molar-refractivity contribution in [3.63, 3.8) is 0 Å². The fourth-order valence-corrected chi connectivity index (χ4v) is 3.82. The predicted octanol–water partition coefficient (Wildman–Crippen LogP) is 2.62. The lowest BCUT2D eigenvalue weighted by Crippen LogP contribution is -2.52. The summed E-state index contributed by atoms with van der Waals surface area (Å²) in [5.41, 5.74) is 1.12. The summed E-state index contributed by atoms with van der Waals surface area (Å²) in [6, 6.07) is 8.04. The molecule has 2 heterocycles. The highest BCUT2D eigenvalue weighted by atomic mass is 35.5. The molecular formula is C20H31ClN4O2. The molecule has 1 aromatic rings. The van der Waals surface area contributed by atoms with Crippen LogP contribution >= 0.6 is 11.6 Å². The first-order valence-electron chi connectivity index (χ1n) is 9.92. The molecule has 0 amide bonds. The molecule has 0 aliphatic carbocycles. The topological polar surface area (TPSA) is 49.3 Å². The van der Waals surface area contributed by atoms with E-state index in [0.29, 0.717) is 6.10 Å². The lowest BCUT2D eigenvalue weighted by molar-refractivity contribution is 0.0168. The molecule has 0 spiro atoms. The number of hydrogen-bond donors (Lipinski definition) is 1. The van der Waals surface area contributed by atoms with Gasteiger partial charge in [0.25, 0.3) is 0 Å². The summed E-state index contributed by atoms with van der Waals surface area (Å²) in [5, 5.41) is 4.27. The number of nitrogens with zero attached hydrogens (tertiary/aromatic N) is 3. The molecule has 2 aliphatic rings. The van der Waals surface area contributed by atoms with Crippen molar-refractivity contribution in [3.05, 3.63) is 29.3 Å². The average Bonchev–Trinajstić information content (AvgIpc) is 3.22. The number of para-hydroxylation sites is 1. The quantitative estimate of drug-likeness (QED) is 0.437. The number of halogens is 1. The zero-order valence-electron chi connectivity index (χ0n) is 16.2. The van der Waals surface area contributed by atoms with Gasteiger partial charge in [0, 0.05) is 53.0 Å². The van der Waals surface area contributed by atoms with E-state index in [1.165, 1.54) is 0 Å². The minimum absolute atomic E-state index is 0.306. The van der Waals surface area contributed by atoms with Crippen LogP contribution in [0.15, 0.2) is 29.3 Å². The van der Waals surface area contributed by atoms with Crippen molar-refractivity contribution in [2.75, 3.05) is 64.5 Å². The van der Waals surface area contributed by atoms with E-state index in [1.807, 2.05) is 25.2 Å². The van der Waals surface area contributed by atoms with Gasteiger partial charge >= 0.3 is 0 Å². The third kappa shape index (κ3) is 5.99. The van der Waals surface area contributed by atoms with Crippen molar-refractivity contribution < 1.29 is 9.47 Å². The van der Waals surface area contributed by atoms with Gasteiger partial charge in [-0.15, -0.1) is 0 Å². The van der Waals surface area contributed by atoms with Crippen LogP contribution in [-0.2, 0) is 9.47 Å². The maximum Gasteiger partial charge on any atom is 0.193 e. The maximum atomic E-state index is 6.32. The number of ether oxygens (including phenoxy) is 2. The highest BCUT2D eigenvalue weighted by Crippen LogP contribution is 2.26. The van der Waals surface area contributed by atoms with E-state index >= 15 is 0 Å². The third-order valence-corrected chi connectivity index (χ3v) is 5.38. The Hall–Kier alpha value is -1.50. The summed E-state index contributed by atoms with van der Waals surface area (Å²) < 4.78 is 11.3. The SMILES string of the molecule is CN=C(NCCCOCC1CCCO1)N1CCN(c2ccccc2Cl)CC1. The van der Waals surface area contributed by atoms with Gasteiger partial charge in [-0.3, -0.25) is 4.99 Å². The Labute approximate surface area is 167 Å². The average molecular weight is 395 g/mol. The van der Waals surface area contributed by atoms with Crippen LogP contribution in [0.4, 0.5) is 5.69 Å². The van der Waals surface area contributed by atoms with E-state index in [4.69, 9.17) is 21.1 Å². The molecule has 2 fully saturated rings. The first-order chi connectivity index (χ1) is 13.3. The van der Waals surface area contributed by atoms with E-state index in [-0.39, 0.29) is 0 Å². The molecule has 0 radical (unpaired) electrons. The van der Waals surface area contributed by atoms with E-state index in [2.05, 4.69) is 26.2 Å². The highest BCUT2D eigenvalue weighted by Gasteiger charge is 2.21. The summed E-state index contributed by atoms with van der Waals surface area (Å²) in [6.07, 6.45) is 3.56. The number of rotatable bonds is 7.